The Bertz CT molecular complexity index is 275. The minimum atomic E-state index is -0.0862. The zero-order chi connectivity index (χ0) is 8.27. The van der Waals surface area contributed by atoms with E-state index >= 15 is 0 Å². The molecule has 0 aliphatic heterocycles. The van der Waals surface area contributed by atoms with Gasteiger partial charge in [-0.2, -0.15) is 0 Å². The molecule has 0 aromatic carbocycles. The van der Waals surface area contributed by atoms with Crippen LogP contribution in [-0.2, 0) is 4.79 Å². The Kier molecular flexibility index (Phi) is 2.59. The van der Waals surface area contributed by atoms with Crippen molar-refractivity contribution in [3.05, 3.63) is 22.9 Å². The first-order chi connectivity index (χ1) is 5.20. The van der Waals surface area contributed by atoms with Crippen molar-refractivity contribution < 1.29 is 4.79 Å². The van der Waals surface area contributed by atoms with E-state index in [1.54, 1.807) is 18.5 Å². The van der Waals surface area contributed by atoms with E-state index in [1.165, 1.54) is 6.92 Å². The highest BCUT2D eigenvalue weighted by molar-refractivity contribution is 9.10. The van der Waals surface area contributed by atoms with Crippen LogP contribution in [0.2, 0.25) is 0 Å². The summed E-state index contributed by atoms with van der Waals surface area (Å²) in [7, 11) is 0. The average molecular weight is 215 g/mol. The Balaban J connectivity index is 2.86. The molecule has 0 radical (unpaired) electrons. The molecule has 58 valence electrons. The van der Waals surface area contributed by atoms with Crippen LogP contribution in [0, 0.1) is 0 Å². The third kappa shape index (κ3) is 2.31. The minimum Gasteiger partial charge on any atom is -0.325 e. The van der Waals surface area contributed by atoms with Crippen molar-refractivity contribution in [3.63, 3.8) is 0 Å². The first-order valence-corrected chi connectivity index (χ1v) is 3.86. The maximum atomic E-state index is 10.6. The van der Waals surface area contributed by atoms with E-state index in [0.29, 0.717) is 0 Å². The van der Waals surface area contributed by atoms with Gasteiger partial charge in [-0.25, -0.2) is 0 Å². The number of carbonyl (C=O) groups is 1. The van der Waals surface area contributed by atoms with Gasteiger partial charge < -0.3 is 5.32 Å². The Morgan fingerprint density at radius 3 is 3.00 bits per heavy atom. The monoisotopic (exact) mass is 214 g/mol. The van der Waals surface area contributed by atoms with Crippen LogP contribution in [0.5, 0.6) is 0 Å². The number of nitrogens with one attached hydrogen (secondary N) is 1. The number of halogens is 1. The van der Waals surface area contributed by atoms with Crippen LogP contribution < -0.4 is 5.32 Å². The SMILES string of the molecule is CC(=O)Nc1ccncc1Br. The lowest BCUT2D eigenvalue weighted by Gasteiger charge is -2.02. The number of hydrogen-bond donors (Lipinski definition) is 1. The third-order valence-corrected chi connectivity index (χ3v) is 1.72. The lowest BCUT2D eigenvalue weighted by atomic mass is 10.4. The van der Waals surface area contributed by atoms with E-state index < -0.39 is 0 Å². The van der Waals surface area contributed by atoms with E-state index in [9.17, 15) is 4.79 Å². The molecule has 4 heteroatoms. The van der Waals surface area contributed by atoms with Crippen LogP contribution in [0.1, 0.15) is 6.92 Å². The molecule has 1 rings (SSSR count). The molecule has 0 spiro atoms. The molecule has 1 heterocycles. The predicted molar refractivity (Wildman–Crippen MR) is 46.2 cm³/mol. The molecule has 1 N–H and O–H groups in total. The maximum Gasteiger partial charge on any atom is 0.221 e. The summed E-state index contributed by atoms with van der Waals surface area (Å²) >= 11 is 3.25. The van der Waals surface area contributed by atoms with Gasteiger partial charge in [0.05, 0.1) is 10.2 Å². The summed E-state index contributed by atoms with van der Waals surface area (Å²) in [6.45, 7) is 1.47. The number of anilines is 1. The summed E-state index contributed by atoms with van der Waals surface area (Å²) in [5.74, 6) is -0.0862. The van der Waals surface area contributed by atoms with E-state index in [0.717, 1.165) is 10.2 Å². The fourth-order valence-corrected chi connectivity index (χ4v) is 1.02. The van der Waals surface area contributed by atoms with E-state index in [1.807, 2.05) is 0 Å². The summed E-state index contributed by atoms with van der Waals surface area (Å²) in [5, 5.41) is 2.65. The van der Waals surface area contributed by atoms with E-state index in [-0.39, 0.29) is 5.91 Å². The number of rotatable bonds is 1. The first-order valence-electron chi connectivity index (χ1n) is 3.07. The van der Waals surface area contributed by atoms with Gasteiger partial charge >= 0.3 is 0 Å². The standard InChI is InChI=1S/C7H7BrN2O/c1-5(11)10-7-2-3-9-4-6(7)8/h2-4H,1H3,(H,9,10,11). The van der Waals surface area contributed by atoms with Crippen LogP contribution in [0.4, 0.5) is 5.69 Å². The molecule has 1 aromatic heterocycles. The van der Waals surface area contributed by atoms with Gasteiger partial charge in [0.15, 0.2) is 0 Å². The number of aromatic nitrogens is 1. The molecule has 0 atom stereocenters. The molecule has 1 amide bonds. The lowest BCUT2D eigenvalue weighted by molar-refractivity contribution is -0.114. The van der Waals surface area contributed by atoms with E-state index in [2.05, 4.69) is 26.2 Å². The van der Waals surface area contributed by atoms with Gasteiger partial charge in [0.2, 0.25) is 5.91 Å². The summed E-state index contributed by atoms with van der Waals surface area (Å²) in [6, 6.07) is 1.73. The van der Waals surface area contributed by atoms with Crippen molar-refractivity contribution in [3.8, 4) is 0 Å². The Morgan fingerprint density at radius 1 is 1.73 bits per heavy atom. The zero-order valence-corrected chi connectivity index (χ0v) is 7.55. The van der Waals surface area contributed by atoms with Gasteiger partial charge in [-0.1, -0.05) is 0 Å². The predicted octanol–water partition coefficient (Wildman–Crippen LogP) is 1.80. The fraction of sp³-hybridized carbons (Fsp3) is 0.143. The average Bonchev–Trinajstić information content (AvgIpc) is 1.93. The molecule has 0 bridgehead atoms. The Morgan fingerprint density at radius 2 is 2.45 bits per heavy atom. The number of pyridine rings is 1. The molecule has 11 heavy (non-hydrogen) atoms. The molecule has 0 aliphatic rings. The van der Waals surface area contributed by atoms with Crippen LogP contribution in [0.15, 0.2) is 22.9 Å². The zero-order valence-electron chi connectivity index (χ0n) is 5.97. The van der Waals surface area contributed by atoms with Crippen LogP contribution in [0.25, 0.3) is 0 Å². The number of carbonyl (C=O) groups excluding carboxylic acids is 1. The van der Waals surface area contributed by atoms with Gasteiger partial charge in [0.25, 0.3) is 0 Å². The van der Waals surface area contributed by atoms with Crippen molar-refractivity contribution in [1.29, 1.82) is 0 Å². The Hall–Kier alpha value is -0.900. The maximum absolute atomic E-state index is 10.6. The largest absolute Gasteiger partial charge is 0.325 e. The Labute approximate surface area is 73.0 Å². The van der Waals surface area contributed by atoms with Gasteiger partial charge in [0, 0.05) is 19.3 Å². The second-order valence-corrected chi connectivity index (χ2v) is 2.89. The van der Waals surface area contributed by atoms with E-state index in [4.69, 9.17) is 0 Å². The molecule has 3 nitrogen and oxygen atoms in total. The minimum absolute atomic E-state index is 0.0862. The highest BCUT2D eigenvalue weighted by Gasteiger charge is 1.98. The highest BCUT2D eigenvalue weighted by Crippen LogP contribution is 2.19. The number of amides is 1. The molecular weight excluding hydrogens is 208 g/mol. The summed E-state index contributed by atoms with van der Waals surface area (Å²) < 4.78 is 0.787. The lowest BCUT2D eigenvalue weighted by Crippen LogP contribution is -2.06. The molecule has 0 saturated carbocycles. The molecule has 0 fully saturated rings. The van der Waals surface area contributed by atoms with Crippen molar-refractivity contribution in [1.82, 2.24) is 4.98 Å². The van der Waals surface area contributed by atoms with Crippen LogP contribution in [-0.4, -0.2) is 10.9 Å². The van der Waals surface area contributed by atoms with Crippen molar-refractivity contribution in [2.45, 2.75) is 6.92 Å². The van der Waals surface area contributed by atoms with Gasteiger partial charge in [-0.15, -0.1) is 0 Å². The molecule has 0 saturated heterocycles. The van der Waals surface area contributed by atoms with Gasteiger partial charge in [-0.05, 0) is 22.0 Å². The molecule has 0 aliphatic carbocycles. The van der Waals surface area contributed by atoms with Crippen molar-refractivity contribution in [2.75, 3.05) is 5.32 Å². The topological polar surface area (TPSA) is 42.0 Å². The first kappa shape index (κ1) is 8.20. The van der Waals surface area contributed by atoms with Gasteiger partial charge in [0.1, 0.15) is 0 Å². The fourth-order valence-electron chi connectivity index (χ4n) is 0.666. The number of hydrogen-bond acceptors (Lipinski definition) is 2. The third-order valence-electron chi connectivity index (χ3n) is 1.08. The molecular formula is C7H7BrN2O. The van der Waals surface area contributed by atoms with Crippen molar-refractivity contribution in [2.24, 2.45) is 0 Å². The normalized spacial score (nSPS) is 9.27. The second kappa shape index (κ2) is 3.48. The summed E-state index contributed by atoms with van der Waals surface area (Å²) in [4.78, 5) is 14.5. The van der Waals surface area contributed by atoms with Crippen molar-refractivity contribution >= 4 is 27.5 Å². The second-order valence-electron chi connectivity index (χ2n) is 2.04. The highest BCUT2D eigenvalue weighted by atomic mass is 79.9. The smallest absolute Gasteiger partial charge is 0.221 e. The molecule has 0 unspecified atom stereocenters. The van der Waals surface area contributed by atoms with Crippen LogP contribution in [0.3, 0.4) is 0 Å². The summed E-state index contributed by atoms with van der Waals surface area (Å²) in [5.41, 5.74) is 0.743. The quantitative estimate of drug-likeness (QED) is 0.775. The number of nitrogens with zero attached hydrogens (tertiary/aromatic N) is 1. The molecule has 1 aromatic rings. The van der Waals surface area contributed by atoms with Gasteiger partial charge in [-0.3, -0.25) is 9.78 Å². The summed E-state index contributed by atoms with van der Waals surface area (Å²) in [6.07, 6.45) is 3.25. The van der Waals surface area contributed by atoms with Crippen LogP contribution >= 0.6 is 15.9 Å².